The van der Waals surface area contributed by atoms with Gasteiger partial charge in [-0.2, -0.15) is 0 Å². The lowest BCUT2D eigenvalue weighted by Crippen LogP contribution is -2.25. The number of halogens is 2. The fourth-order valence-corrected chi connectivity index (χ4v) is 2.19. The van der Waals surface area contributed by atoms with E-state index in [2.05, 4.69) is 27.0 Å². The van der Waals surface area contributed by atoms with E-state index in [-0.39, 0.29) is 19.0 Å². The Kier molecular flexibility index (Phi) is 13.9. The molecule has 2 rings (SSSR count). The van der Waals surface area contributed by atoms with Gasteiger partial charge in [-0.05, 0) is 46.7 Å². The minimum atomic E-state index is -0.663. The topological polar surface area (TPSA) is 87.7 Å². The number of rotatable bonds is 7. The van der Waals surface area contributed by atoms with Gasteiger partial charge < -0.3 is 26.0 Å². The van der Waals surface area contributed by atoms with Crippen molar-refractivity contribution in [1.82, 2.24) is 0 Å². The highest BCUT2D eigenvalue weighted by molar-refractivity contribution is 9.10. The van der Waals surface area contributed by atoms with Crippen LogP contribution >= 0.6 is 15.9 Å². The number of aliphatic hydroxyl groups is 2. The summed E-state index contributed by atoms with van der Waals surface area (Å²) >= 11 is 3.32. The van der Waals surface area contributed by atoms with E-state index < -0.39 is 6.10 Å². The van der Waals surface area contributed by atoms with Crippen LogP contribution in [0.4, 0.5) is 10.1 Å². The zero-order chi connectivity index (χ0) is 19.1. The molecule has 2 aromatic carbocycles. The third-order valence-electron chi connectivity index (χ3n) is 2.88. The number of benzene rings is 2. The van der Waals surface area contributed by atoms with E-state index in [1.807, 2.05) is 30.3 Å². The lowest BCUT2D eigenvalue weighted by molar-refractivity contribution is 0.0348. The molecule has 7 heteroatoms. The van der Waals surface area contributed by atoms with Gasteiger partial charge in [0, 0.05) is 18.1 Å². The Hall–Kier alpha value is -1.51. The Morgan fingerprint density at radius 3 is 2.44 bits per heavy atom. The van der Waals surface area contributed by atoms with Gasteiger partial charge >= 0.3 is 0 Å². The SMILES string of the molecule is CN.CO.O[C@H](CNc1cc(F)ccc1Br)COCc1ccccc1. The largest absolute Gasteiger partial charge is 0.400 e. The van der Waals surface area contributed by atoms with E-state index >= 15 is 0 Å². The number of hydrogen-bond acceptors (Lipinski definition) is 5. The zero-order valence-electron chi connectivity index (χ0n) is 14.5. The molecule has 0 heterocycles. The molecule has 140 valence electrons. The highest BCUT2D eigenvalue weighted by Crippen LogP contribution is 2.22. The molecule has 0 unspecified atom stereocenters. The van der Waals surface area contributed by atoms with E-state index in [4.69, 9.17) is 9.84 Å². The summed E-state index contributed by atoms with van der Waals surface area (Å²) in [6, 6.07) is 14.1. The molecule has 0 fully saturated rings. The number of aliphatic hydroxyl groups excluding tert-OH is 2. The quantitative estimate of drug-likeness (QED) is 0.557. The second-order valence-electron chi connectivity index (χ2n) is 4.66. The standard InChI is InChI=1S/C16H17BrFNO2.CH5N.CH4O/c17-15-7-6-13(18)8-16(15)19-9-14(20)11-21-10-12-4-2-1-3-5-12;2*1-2/h1-8,14,19-20H,9-11H2;2H2,1H3;2H,1H3/t14-;;/m1../s1. The highest BCUT2D eigenvalue weighted by Gasteiger charge is 2.07. The van der Waals surface area contributed by atoms with Crippen molar-refractivity contribution in [1.29, 1.82) is 0 Å². The van der Waals surface area contributed by atoms with Crippen LogP contribution in [-0.2, 0) is 11.3 Å². The van der Waals surface area contributed by atoms with Crippen molar-refractivity contribution in [2.45, 2.75) is 12.7 Å². The minimum Gasteiger partial charge on any atom is -0.400 e. The van der Waals surface area contributed by atoms with Crippen LogP contribution in [0, 0.1) is 5.82 Å². The molecule has 2 aromatic rings. The summed E-state index contributed by atoms with van der Waals surface area (Å²) in [5, 5.41) is 19.8. The average molecular weight is 417 g/mol. The fourth-order valence-electron chi connectivity index (χ4n) is 1.81. The van der Waals surface area contributed by atoms with E-state index in [1.54, 1.807) is 6.07 Å². The van der Waals surface area contributed by atoms with Crippen molar-refractivity contribution in [2.75, 3.05) is 32.6 Å². The lowest BCUT2D eigenvalue weighted by atomic mass is 10.2. The molecule has 25 heavy (non-hydrogen) atoms. The van der Waals surface area contributed by atoms with Gasteiger partial charge in [0.25, 0.3) is 0 Å². The second kappa shape index (κ2) is 14.8. The first kappa shape index (κ1) is 23.5. The Morgan fingerprint density at radius 2 is 1.80 bits per heavy atom. The number of nitrogens with one attached hydrogen (secondary N) is 1. The predicted octanol–water partition coefficient (Wildman–Crippen LogP) is 2.76. The summed E-state index contributed by atoms with van der Waals surface area (Å²) in [4.78, 5) is 0. The van der Waals surface area contributed by atoms with E-state index in [1.165, 1.54) is 19.2 Å². The summed E-state index contributed by atoms with van der Waals surface area (Å²) in [7, 11) is 2.50. The maximum Gasteiger partial charge on any atom is 0.125 e. The van der Waals surface area contributed by atoms with Crippen LogP contribution in [0.1, 0.15) is 5.56 Å². The predicted molar refractivity (Wildman–Crippen MR) is 103 cm³/mol. The molecule has 0 saturated heterocycles. The first-order valence-corrected chi connectivity index (χ1v) is 8.45. The molecule has 5 N–H and O–H groups in total. The van der Waals surface area contributed by atoms with Crippen LogP contribution in [0.25, 0.3) is 0 Å². The summed E-state index contributed by atoms with van der Waals surface area (Å²) in [6.45, 7) is 0.966. The van der Waals surface area contributed by atoms with Gasteiger partial charge in [-0.15, -0.1) is 0 Å². The monoisotopic (exact) mass is 416 g/mol. The van der Waals surface area contributed by atoms with Crippen molar-refractivity contribution in [3.8, 4) is 0 Å². The van der Waals surface area contributed by atoms with Crippen LogP contribution in [0.15, 0.2) is 53.0 Å². The number of nitrogens with two attached hydrogens (primary N) is 1. The van der Waals surface area contributed by atoms with Crippen molar-refractivity contribution < 1.29 is 19.3 Å². The van der Waals surface area contributed by atoms with Gasteiger partial charge in [0.2, 0.25) is 0 Å². The molecule has 0 aliphatic heterocycles. The molecular formula is C18H26BrFN2O3. The van der Waals surface area contributed by atoms with Crippen molar-refractivity contribution in [3.63, 3.8) is 0 Å². The van der Waals surface area contributed by atoms with Crippen molar-refractivity contribution >= 4 is 21.6 Å². The molecule has 0 spiro atoms. The molecule has 1 atom stereocenters. The van der Waals surface area contributed by atoms with Gasteiger partial charge in [0.05, 0.1) is 25.0 Å². The fraction of sp³-hybridized carbons (Fsp3) is 0.333. The van der Waals surface area contributed by atoms with Gasteiger partial charge in [0.15, 0.2) is 0 Å². The van der Waals surface area contributed by atoms with E-state index in [0.717, 1.165) is 17.1 Å². The first-order valence-electron chi connectivity index (χ1n) is 7.66. The van der Waals surface area contributed by atoms with Crippen molar-refractivity contribution in [3.05, 3.63) is 64.4 Å². The Morgan fingerprint density at radius 1 is 1.16 bits per heavy atom. The number of ether oxygens (including phenoxy) is 1. The molecule has 0 amide bonds. The summed E-state index contributed by atoms with van der Waals surface area (Å²) in [5.74, 6) is -0.324. The highest BCUT2D eigenvalue weighted by atomic mass is 79.9. The summed E-state index contributed by atoms with van der Waals surface area (Å²) in [6.07, 6.45) is -0.663. The number of anilines is 1. The van der Waals surface area contributed by atoms with Gasteiger partial charge in [-0.3, -0.25) is 0 Å². The van der Waals surface area contributed by atoms with Crippen LogP contribution in [0.2, 0.25) is 0 Å². The third kappa shape index (κ3) is 10.2. The summed E-state index contributed by atoms with van der Waals surface area (Å²) in [5.41, 5.74) is 6.17. The average Bonchev–Trinajstić information content (AvgIpc) is 2.66. The van der Waals surface area contributed by atoms with Crippen LogP contribution in [0.5, 0.6) is 0 Å². The number of hydrogen-bond donors (Lipinski definition) is 4. The summed E-state index contributed by atoms with van der Waals surface area (Å²) < 4.78 is 19.3. The Balaban J connectivity index is 0.00000134. The molecule has 0 aromatic heterocycles. The Bertz CT molecular complexity index is 574. The molecule has 0 radical (unpaired) electrons. The smallest absolute Gasteiger partial charge is 0.125 e. The van der Waals surface area contributed by atoms with E-state index in [9.17, 15) is 9.50 Å². The van der Waals surface area contributed by atoms with Gasteiger partial charge in [0.1, 0.15) is 5.82 Å². The molecule has 0 aliphatic carbocycles. The second-order valence-corrected chi connectivity index (χ2v) is 5.51. The first-order chi connectivity index (χ1) is 12.1. The normalized spacial score (nSPS) is 10.7. The van der Waals surface area contributed by atoms with Crippen LogP contribution < -0.4 is 11.1 Å². The molecule has 0 aliphatic rings. The van der Waals surface area contributed by atoms with Crippen LogP contribution in [0.3, 0.4) is 0 Å². The zero-order valence-corrected chi connectivity index (χ0v) is 16.0. The van der Waals surface area contributed by atoms with Gasteiger partial charge in [-0.25, -0.2) is 4.39 Å². The molecular weight excluding hydrogens is 391 g/mol. The van der Waals surface area contributed by atoms with Gasteiger partial charge in [-0.1, -0.05) is 30.3 Å². The Labute approximate surface area is 156 Å². The maximum atomic E-state index is 13.1. The minimum absolute atomic E-state index is 0.217. The van der Waals surface area contributed by atoms with Crippen molar-refractivity contribution in [2.24, 2.45) is 5.73 Å². The van der Waals surface area contributed by atoms with E-state index in [0.29, 0.717) is 12.3 Å². The maximum absolute atomic E-state index is 13.1. The molecule has 0 bridgehead atoms. The molecule has 5 nitrogen and oxygen atoms in total. The molecule has 0 saturated carbocycles. The third-order valence-corrected chi connectivity index (χ3v) is 3.57. The van der Waals surface area contributed by atoms with Crippen LogP contribution in [-0.4, -0.2) is 43.6 Å². The lowest BCUT2D eigenvalue weighted by Gasteiger charge is -2.14.